The predicted octanol–water partition coefficient (Wildman–Crippen LogP) is 2.90. The molecule has 3 nitrogen and oxygen atoms in total. The van der Waals surface area contributed by atoms with Gasteiger partial charge in [-0.25, -0.2) is 4.39 Å². The Morgan fingerprint density at radius 1 is 1.15 bits per heavy atom. The quantitative estimate of drug-likeness (QED) is 0.910. The zero-order chi connectivity index (χ0) is 14.5. The molecule has 0 spiro atoms. The molecule has 0 fully saturated rings. The van der Waals surface area contributed by atoms with Crippen LogP contribution in [0.3, 0.4) is 0 Å². The first-order valence-corrected chi connectivity index (χ1v) is 6.40. The number of benzene rings is 2. The van der Waals surface area contributed by atoms with E-state index in [0.29, 0.717) is 0 Å². The Morgan fingerprint density at radius 2 is 1.80 bits per heavy atom. The van der Waals surface area contributed by atoms with Crippen LogP contribution in [-0.2, 0) is 13.2 Å². The molecule has 1 amide bonds. The molecule has 20 heavy (non-hydrogen) atoms. The van der Waals surface area contributed by atoms with Crippen LogP contribution < -0.4 is 5.32 Å². The zero-order valence-corrected chi connectivity index (χ0v) is 11.3. The number of hydrogen-bond donors (Lipinski definition) is 2. The van der Waals surface area contributed by atoms with Crippen LogP contribution >= 0.6 is 11.6 Å². The number of carbonyl (C=O) groups excluding carboxylic acids is 1. The topological polar surface area (TPSA) is 49.3 Å². The Balaban J connectivity index is 2.05. The number of aliphatic hydroxyl groups is 1. The molecule has 0 aliphatic rings. The summed E-state index contributed by atoms with van der Waals surface area (Å²) in [4.78, 5) is 11.9. The predicted molar refractivity (Wildman–Crippen MR) is 74.9 cm³/mol. The molecule has 0 atom stereocenters. The molecule has 0 bridgehead atoms. The number of amides is 1. The van der Waals surface area contributed by atoms with Gasteiger partial charge in [-0.1, -0.05) is 41.9 Å². The van der Waals surface area contributed by atoms with Crippen LogP contribution in [-0.4, -0.2) is 11.0 Å². The van der Waals surface area contributed by atoms with Gasteiger partial charge in [-0.05, 0) is 23.3 Å². The van der Waals surface area contributed by atoms with Gasteiger partial charge in [0.15, 0.2) is 0 Å². The number of halogens is 2. The van der Waals surface area contributed by atoms with E-state index < -0.39 is 11.7 Å². The summed E-state index contributed by atoms with van der Waals surface area (Å²) in [6.07, 6.45) is 0. The molecular formula is C15H13ClFNO2. The van der Waals surface area contributed by atoms with Gasteiger partial charge in [0.2, 0.25) is 0 Å². The largest absolute Gasteiger partial charge is 0.392 e. The van der Waals surface area contributed by atoms with Crippen molar-refractivity contribution in [2.45, 2.75) is 13.2 Å². The third-order valence-electron chi connectivity index (χ3n) is 2.85. The van der Waals surface area contributed by atoms with Crippen LogP contribution in [0.5, 0.6) is 0 Å². The van der Waals surface area contributed by atoms with Crippen molar-refractivity contribution in [1.29, 1.82) is 0 Å². The molecule has 2 aromatic rings. The summed E-state index contributed by atoms with van der Waals surface area (Å²) >= 11 is 5.82. The number of rotatable bonds is 4. The first-order valence-electron chi connectivity index (χ1n) is 6.02. The average Bonchev–Trinajstić information content (AvgIpc) is 2.45. The molecule has 0 saturated carbocycles. The first kappa shape index (κ1) is 14.5. The fourth-order valence-electron chi connectivity index (χ4n) is 1.75. The lowest BCUT2D eigenvalue weighted by atomic mass is 10.1. The highest BCUT2D eigenvalue weighted by molar-refractivity contribution is 6.33. The SMILES string of the molecule is O=C(NCc1ccc(CO)cc1)c1c(F)cccc1Cl. The third-order valence-corrected chi connectivity index (χ3v) is 3.16. The third kappa shape index (κ3) is 3.35. The molecule has 2 aromatic carbocycles. The van der Waals surface area contributed by atoms with E-state index in [9.17, 15) is 9.18 Å². The molecule has 0 saturated heterocycles. The molecule has 104 valence electrons. The maximum absolute atomic E-state index is 13.6. The number of aliphatic hydroxyl groups excluding tert-OH is 1. The lowest BCUT2D eigenvalue weighted by molar-refractivity contribution is 0.0947. The molecule has 0 aliphatic heterocycles. The van der Waals surface area contributed by atoms with E-state index in [1.807, 2.05) is 0 Å². The molecule has 0 aliphatic carbocycles. The summed E-state index contributed by atoms with van der Waals surface area (Å²) in [5.41, 5.74) is 1.49. The Kier molecular flexibility index (Phi) is 4.71. The van der Waals surface area contributed by atoms with Gasteiger partial charge in [0, 0.05) is 6.54 Å². The van der Waals surface area contributed by atoms with Crippen molar-refractivity contribution in [2.75, 3.05) is 0 Å². The monoisotopic (exact) mass is 293 g/mol. The van der Waals surface area contributed by atoms with E-state index in [1.54, 1.807) is 24.3 Å². The molecule has 5 heteroatoms. The van der Waals surface area contributed by atoms with Crippen LogP contribution in [0.15, 0.2) is 42.5 Å². The van der Waals surface area contributed by atoms with Gasteiger partial charge in [0.05, 0.1) is 17.2 Å². The van der Waals surface area contributed by atoms with Crippen LogP contribution in [0.1, 0.15) is 21.5 Å². The van der Waals surface area contributed by atoms with Gasteiger partial charge in [-0.3, -0.25) is 4.79 Å². The standard InChI is InChI=1S/C15H13ClFNO2/c16-12-2-1-3-13(17)14(12)15(20)18-8-10-4-6-11(9-19)7-5-10/h1-7,19H,8-9H2,(H,18,20). The van der Waals surface area contributed by atoms with Crippen molar-refractivity contribution >= 4 is 17.5 Å². The van der Waals surface area contributed by atoms with Gasteiger partial charge in [0.1, 0.15) is 5.82 Å². The normalized spacial score (nSPS) is 10.3. The first-order chi connectivity index (χ1) is 9.61. The van der Waals surface area contributed by atoms with Gasteiger partial charge in [0.25, 0.3) is 5.91 Å². The Bertz CT molecular complexity index is 594. The second-order valence-corrected chi connectivity index (χ2v) is 4.66. The van der Waals surface area contributed by atoms with Gasteiger partial charge >= 0.3 is 0 Å². The van der Waals surface area contributed by atoms with E-state index in [2.05, 4.69) is 5.32 Å². The lowest BCUT2D eigenvalue weighted by Gasteiger charge is -2.08. The van der Waals surface area contributed by atoms with Gasteiger partial charge in [-0.15, -0.1) is 0 Å². The highest BCUT2D eigenvalue weighted by Gasteiger charge is 2.15. The van der Waals surface area contributed by atoms with Crippen molar-refractivity contribution in [3.63, 3.8) is 0 Å². The number of carbonyl (C=O) groups is 1. The molecule has 0 aromatic heterocycles. The second-order valence-electron chi connectivity index (χ2n) is 4.25. The van der Waals surface area contributed by atoms with E-state index in [0.717, 1.165) is 11.1 Å². The maximum Gasteiger partial charge on any atom is 0.256 e. The highest BCUT2D eigenvalue weighted by Crippen LogP contribution is 2.18. The number of hydrogen-bond acceptors (Lipinski definition) is 2. The van der Waals surface area contributed by atoms with Crippen LogP contribution in [0.2, 0.25) is 5.02 Å². The highest BCUT2D eigenvalue weighted by atomic mass is 35.5. The molecule has 0 radical (unpaired) electrons. The summed E-state index contributed by atoms with van der Waals surface area (Å²) in [6.45, 7) is 0.229. The smallest absolute Gasteiger partial charge is 0.256 e. The van der Waals surface area contributed by atoms with E-state index >= 15 is 0 Å². The molecular weight excluding hydrogens is 281 g/mol. The van der Waals surface area contributed by atoms with Crippen molar-refractivity contribution in [3.05, 3.63) is 70.0 Å². The van der Waals surface area contributed by atoms with Gasteiger partial charge < -0.3 is 10.4 Å². The van der Waals surface area contributed by atoms with Crippen molar-refractivity contribution in [1.82, 2.24) is 5.32 Å². The van der Waals surface area contributed by atoms with Crippen LogP contribution in [0.4, 0.5) is 4.39 Å². The van der Waals surface area contributed by atoms with E-state index in [-0.39, 0.29) is 23.7 Å². The van der Waals surface area contributed by atoms with Crippen molar-refractivity contribution in [2.24, 2.45) is 0 Å². The summed E-state index contributed by atoms with van der Waals surface area (Å²) in [5, 5.41) is 11.6. The molecule has 2 N–H and O–H groups in total. The average molecular weight is 294 g/mol. The summed E-state index contributed by atoms with van der Waals surface area (Å²) < 4.78 is 13.6. The van der Waals surface area contributed by atoms with Crippen LogP contribution in [0, 0.1) is 5.82 Å². The molecule has 0 heterocycles. The number of nitrogens with one attached hydrogen (secondary N) is 1. The summed E-state index contributed by atoms with van der Waals surface area (Å²) in [7, 11) is 0. The fraction of sp³-hybridized carbons (Fsp3) is 0.133. The Hall–Kier alpha value is -1.91. The minimum Gasteiger partial charge on any atom is -0.392 e. The second kappa shape index (κ2) is 6.50. The minimum absolute atomic E-state index is 0.0303. The Labute approximate surface area is 121 Å². The fourth-order valence-corrected chi connectivity index (χ4v) is 2.00. The Morgan fingerprint density at radius 3 is 2.40 bits per heavy atom. The van der Waals surface area contributed by atoms with Crippen molar-refractivity contribution in [3.8, 4) is 0 Å². The van der Waals surface area contributed by atoms with Crippen molar-refractivity contribution < 1.29 is 14.3 Å². The van der Waals surface area contributed by atoms with Crippen LogP contribution in [0.25, 0.3) is 0 Å². The molecule has 0 unspecified atom stereocenters. The van der Waals surface area contributed by atoms with Gasteiger partial charge in [-0.2, -0.15) is 0 Å². The lowest BCUT2D eigenvalue weighted by Crippen LogP contribution is -2.24. The maximum atomic E-state index is 13.6. The van der Waals surface area contributed by atoms with E-state index in [1.165, 1.54) is 18.2 Å². The summed E-state index contributed by atoms with van der Waals surface area (Å²) in [6, 6.07) is 11.2. The zero-order valence-electron chi connectivity index (χ0n) is 10.6. The summed E-state index contributed by atoms with van der Waals surface area (Å²) in [5.74, 6) is -1.20. The van der Waals surface area contributed by atoms with E-state index in [4.69, 9.17) is 16.7 Å². The molecule has 2 rings (SSSR count). The minimum atomic E-state index is -0.648.